The minimum atomic E-state index is -0.386. The molecule has 0 saturated carbocycles. The van der Waals surface area contributed by atoms with Gasteiger partial charge in [-0.05, 0) is 43.7 Å². The molecule has 1 aliphatic heterocycles. The van der Waals surface area contributed by atoms with Crippen LogP contribution in [-0.2, 0) is 11.3 Å². The third kappa shape index (κ3) is 5.47. The standard InChI is InChI=1S/C22H25FN2O4/c1-2-25(15-17-5-3-6-19-21(17)29-14-13-28-19)20(26)7-4-12-24-22(27)16-8-10-18(23)11-9-16/h3,5-6,8-11H,2,4,7,12-15H2,1H3,(H,24,27). The van der Waals surface area contributed by atoms with Crippen molar-refractivity contribution in [2.45, 2.75) is 26.3 Å². The number of carbonyl (C=O) groups is 2. The highest BCUT2D eigenvalue weighted by Gasteiger charge is 2.19. The summed E-state index contributed by atoms with van der Waals surface area (Å²) in [5.41, 5.74) is 1.31. The average Bonchev–Trinajstić information content (AvgIpc) is 2.75. The number of hydrogen-bond acceptors (Lipinski definition) is 4. The lowest BCUT2D eigenvalue weighted by molar-refractivity contribution is -0.131. The van der Waals surface area contributed by atoms with E-state index in [1.54, 1.807) is 4.90 Å². The molecular weight excluding hydrogens is 375 g/mol. The highest BCUT2D eigenvalue weighted by molar-refractivity contribution is 5.94. The molecule has 1 aliphatic rings. The van der Waals surface area contributed by atoms with Crippen LogP contribution in [0, 0.1) is 5.82 Å². The number of nitrogens with zero attached hydrogens (tertiary/aromatic N) is 1. The molecule has 7 heteroatoms. The van der Waals surface area contributed by atoms with E-state index in [0.717, 1.165) is 5.56 Å². The van der Waals surface area contributed by atoms with Gasteiger partial charge in [-0.15, -0.1) is 0 Å². The van der Waals surface area contributed by atoms with Crippen molar-refractivity contribution in [3.63, 3.8) is 0 Å². The Kier molecular flexibility index (Phi) is 7.05. The van der Waals surface area contributed by atoms with E-state index in [1.807, 2.05) is 25.1 Å². The van der Waals surface area contributed by atoms with Gasteiger partial charge < -0.3 is 19.7 Å². The maximum Gasteiger partial charge on any atom is 0.251 e. The Morgan fingerprint density at radius 2 is 1.86 bits per heavy atom. The van der Waals surface area contributed by atoms with Crippen LogP contribution < -0.4 is 14.8 Å². The van der Waals surface area contributed by atoms with E-state index in [-0.39, 0.29) is 17.6 Å². The number of rotatable bonds is 8. The summed E-state index contributed by atoms with van der Waals surface area (Å²) in [6.07, 6.45) is 0.846. The highest BCUT2D eigenvalue weighted by Crippen LogP contribution is 2.34. The van der Waals surface area contributed by atoms with Gasteiger partial charge in [0.05, 0.1) is 0 Å². The Bertz CT molecular complexity index is 854. The molecule has 0 atom stereocenters. The molecule has 6 nitrogen and oxygen atoms in total. The van der Waals surface area contributed by atoms with Crippen molar-refractivity contribution in [1.29, 1.82) is 0 Å². The normalized spacial score (nSPS) is 12.3. The summed E-state index contributed by atoms with van der Waals surface area (Å²) in [4.78, 5) is 26.4. The first-order valence-electron chi connectivity index (χ1n) is 9.77. The van der Waals surface area contributed by atoms with Gasteiger partial charge in [0, 0.05) is 37.2 Å². The number of carbonyl (C=O) groups excluding carboxylic acids is 2. The van der Waals surface area contributed by atoms with Crippen molar-refractivity contribution >= 4 is 11.8 Å². The molecule has 1 N–H and O–H groups in total. The second-order valence-electron chi connectivity index (χ2n) is 6.72. The van der Waals surface area contributed by atoms with Crippen molar-refractivity contribution in [2.24, 2.45) is 0 Å². The summed E-state index contributed by atoms with van der Waals surface area (Å²) >= 11 is 0. The number of amides is 2. The van der Waals surface area contributed by atoms with Crippen LogP contribution in [-0.4, -0.2) is 43.0 Å². The first-order valence-corrected chi connectivity index (χ1v) is 9.77. The van der Waals surface area contributed by atoms with Gasteiger partial charge in [0.1, 0.15) is 19.0 Å². The van der Waals surface area contributed by atoms with Gasteiger partial charge in [-0.3, -0.25) is 9.59 Å². The van der Waals surface area contributed by atoms with Crippen LogP contribution in [0.3, 0.4) is 0 Å². The Morgan fingerprint density at radius 3 is 2.62 bits per heavy atom. The predicted octanol–water partition coefficient (Wildman–Crippen LogP) is 3.16. The SMILES string of the molecule is CCN(Cc1cccc2c1OCCO2)C(=O)CCCNC(=O)c1ccc(F)cc1. The number of nitrogens with one attached hydrogen (secondary N) is 1. The van der Waals surface area contributed by atoms with Crippen LogP contribution in [0.25, 0.3) is 0 Å². The van der Waals surface area contributed by atoms with Crippen LogP contribution >= 0.6 is 0 Å². The van der Waals surface area contributed by atoms with Gasteiger partial charge in [0.25, 0.3) is 5.91 Å². The smallest absolute Gasteiger partial charge is 0.251 e. The van der Waals surface area contributed by atoms with E-state index in [4.69, 9.17) is 9.47 Å². The third-order valence-corrected chi connectivity index (χ3v) is 4.70. The summed E-state index contributed by atoms with van der Waals surface area (Å²) in [5, 5.41) is 2.75. The van der Waals surface area contributed by atoms with Gasteiger partial charge in [0.2, 0.25) is 5.91 Å². The van der Waals surface area contributed by atoms with Crippen LogP contribution in [0.15, 0.2) is 42.5 Å². The molecule has 3 rings (SSSR count). The molecule has 0 saturated heterocycles. The van der Waals surface area contributed by atoms with E-state index in [1.165, 1.54) is 24.3 Å². The minimum absolute atomic E-state index is 0.0119. The first-order chi connectivity index (χ1) is 14.1. The van der Waals surface area contributed by atoms with Crippen LogP contribution in [0.1, 0.15) is 35.7 Å². The molecule has 2 amide bonds. The molecule has 2 aromatic carbocycles. The second-order valence-corrected chi connectivity index (χ2v) is 6.72. The lowest BCUT2D eigenvalue weighted by atomic mass is 10.1. The van der Waals surface area contributed by atoms with Crippen molar-refractivity contribution in [3.05, 3.63) is 59.4 Å². The molecule has 0 unspecified atom stereocenters. The summed E-state index contributed by atoms with van der Waals surface area (Å²) in [5.74, 6) is 0.761. The number of halogens is 1. The molecule has 0 fully saturated rings. The Balaban J connectivity index is 1.48. The van der Waals surface area contributed by atoms with Crippen LogP contribution in [0.4, 0.5) is 4.39 Å². The zero-order valence-corrected chi connectivity index (χ0v) is 16.4. The Morgan fingerprint density at radius 1 is 1.10 bits per heavy atom. The molecule has 154 valence electrons. The van der Waals surface area contributed by atoms with E-state index >= 15 is 0 Å². The van der Waals surface area contributed by atoms with Crippen LogP contribution in [0.2, 0.25) is 0 Å². The van der Waals surface area contributed by atoms with Gasteiger partial charge in [-0.1, -0.05) is 12.1 Å². The number of hydrogen-bond donors (Lipinski definition) is 1. The highest BCUT2D eigenvalue weighted by atomic mass is 19.1. The molecule has 2 aromatic rings. The number of ether oxygens (including phenoxy) is 2. The summed E-state index contributed by atoms with van der Waals surface area (Å²) < 4.78 is 24.2. The average molecular weight is 400 g/mol. The third-order valence-electron chi connectivity index (χ3n) is 4.70. The molecule has 0 aliphatic carbocycles. The molecule has 29 heavy (non-hydrogen) atoms. The number of fused-ring (bicyclic) bond motifs is 1. The summed E-state index contributed by atoms with van der Waals surface area (Å²) in [7, 11) is 0. The van der Waals surface area contributed by atoms with Crippen molar-refractivity contribution < 1.29 is 23.5 Å². The lowest BCUT2D eigenvalue weighted by Crippen LogP contribution is -2.32. The summed E-state index contributed by atoms with van der Waals surface area (Å²) in [6.45, 7) is 4.35. The number of para-hydroxylation sites is 1. The maximum atomic E-state index is 12.9. The predicted molar refractivity (Wildman–Crippen MR) is 106 cm³/mol. The fourth-order valence-electron chi connectivity index (χ4n) is 3.14. The second kappa shape index (κ2) is 9.91. The zero-order chi connectivity index (χ0) is 20.6. The van der Waals surface area contributed by atoms with Gasteiger partial charge in [-0.2, -0.15) is 0 Å². The largest absolute Gasteiger partial charge is 0.486 e. The molecule has 1 heterocycles. The van der Waals surface area contributed by atoms with E-state index < -0.39 is 0 Å². The Labute approximate surface area is 169 Å². The molecule has 0 bridgehead atoms. The minimum Gasteiger partial charge on any atom is -0.486 e. The maximum absolute atomic E-state index is 12.9. The summed E-state index contributed by atoms with van der Waals surface area (Å²) in [6, 6.07) is 11.0. The first kappa shape index (κ1) is 20.6. The molecule has 0 spiro atoms. The quantitative estimate of drug-likeness (QED) is 0.692. The Hall–Kier alpha value is -3.09. The van der Waals surface area contributed by atoms with Gasteiger partial charge in [-0.25, -0.2) is 4.39 Å². The molecule has 0 aromatic heterocycles. The molecule has 0 radical (unpaired) electrons. The van der Waals surface area contributed by atoms with E-state index in [0.29, 0.717) is 62.8 Å². The van der Waals surface area contributed by atoms with Gasteiger partial charge >= 0.3 is 0 Å². The number of benzene rings is 2. The van der Waals surface area contributed by atoms with Crippen molar-refractivity contribution in [3.8, 4) is 11.5 Å². The van der Waals surface area contributed by atoms with Crippen molar-refractivity contribution in [2.75, 3.05) is 26.3 Å². The fourth-order valence-corrected chi connectivity index (χ4v) is 3.14. The van der Waals surface area contributed by atoms with E-state index in [2.05, 4.69) is 5.32 Å². The molecular formula is C22H25FN2O4. The fraction of sp³-hybridized carbons (Fsp3) is 0.364. The van der Waals surface area contributed by atoms with Gasteiger partial charge in [0.15, 0.2) is 11.5 Å². The topological polar surface area (TPSA) is 67.9 Å². The lowest BCUT2D eigenvalue weighted by Gasteiger charge is -2.25. The van der Waals surface area contributed by atoms with Crippen molar-refractivity contribution in [1.82, 2.24) is 10.2 Å². The van der Waals surface area contributed by atoms with E-state index in [9.17, 15) is 14.0 Å². The van der Waals surface area contributed by atoms with Crippen LogP contribution in [0.5, 0.6) is 11.5 Å². The zero-order valence-electron chi connectivity index (χ0n) is 16.4. The monoisotopic (exact) mass is 400 g/mol.